The standard InChI is InChI=1S/C23H28O3Se2/c1-3-5-16-26-22(28-21-14-10-7-11-15-21)17-19(23(24)25-4-2)18-27-20-12-8-6-9-13-20/h6-15,18,22H,3-5,16-17H2,1-2H3/b19-18-. The van der Waals surface area contributed by atoms with Crippen molar-refractivity contribution in [2.45, 2.75) is 38.1 Å². The van der Waals surface area contributed by atoms with Crippen LogP contribution in [0.1, 0.15) is 33.1 Å². The maximum atomic E-state index is 12.6. The van der Waals surface area contributed by atoms with Crippen molar-refractivity contribution in [2.75, 3.05) is 13.2 Å². The fourth-order valence-electron chi connectivity index (χ4n) is 2.37. The molecule has 0 amide bonds. The number of unbranched alkanes of at least 4 members (excludes halogenated alkanes) is 1. The van der Waals surface area contributed by atoms with Crippen molar-refractivity contribution in [1.82, 2.24) is 0 Å². The molecular weight excluding hydrogens is 482 g/mol. The fraction of sp³-hybridized carbons (Fsp3) is 0.348. The van der Waals surface area contributed by atoms with Gasteiger partial charge in [-0.15, -0.1) is 0 Å². The summed E-state index contributed by atoms with van der Waals surface area (Å²) in [5, 5.41) is 0.0312. The molecule has 0 radical (unpaired) electrons. The molecule has 5 heteroatoms. The summed E-state index contributed by atoms with van der Waals surface area (Å²) >= 11 is 0.234. The van der Waals surface area contributed by atoms with Crippen LogP contribution < -0.4 is 8.92 Å². The number of carbonyl (C=O) groups excluding carboxylic acids is 1. The van der Waals surface area contributed by atoms with Crippen LogP contribution in [-0.4, -0.2) is 54.1 Å². The zero-order chi connectivity index (χ0) is 20.0. The minimum atomic E-state index is -0.215. The second-order valence-corrected chi connectivity index (χ2v) is 10.6. The number of ether oxygens (including phenoxy) is 2. The second-order valence-electron chi connectivity index (χ2n) is 6.08. The van der Waals surface area contributed by atoms with Crippen molar-refractivity contribution in [3.63, 3.8) is 0 Å². The van der Waals surface area contributed by atoms with Crippen LogP contribution in [0.2, 0.25) is 0 Å². The zero-order valence-corrected chi connectivity index (χ0v) is 19.9. The van der Waals surface area contributed by atoms with Crippen LogP contribution in [0, 0.1) is 0 Å². The van der Waals surface area contributed by atoms with E-state index >= 15 is 0 Å². The fourth-order valence-corrected chi connectivity index (χ4v) is 6.21. The number of hydrogen-bond donors (Lipinski definition) is 0. The molecule has 0 aromatic heterocycles. The molecular formula is C23H28O3Se2. The first-order chi connectivity index (χ1) is 13.7. The third-order valence-corrected chi connectivity index (χ3v) is 8.13. The second kappa shape index (κ2) is 13.8. The normalized spacial score (nSPS) is 12.6. The summed E-state index contributed by atoms with van der Waals surface area (Å²) < 4.78 is 14.0. The first kappa shape index (κ1) is 22.9. The summed E-state index contributed by atoms with van der Waals surface area (Å²) in [6.45, 7) is 5.13. The van der Waals surface area contributed by atoms with Gasteiger partial charge in [-0.25, -0.2) is 0 Å². The number of esters is 1. The molecule has 1 atom stereocenters. The summed E-state index contributed by atoms with van der Waals surface area (Å²) in [6, 6.07) is 20.7. The molecule has 0 saturated heterocycles. The van der Waals surface area contributed by atoms with E-state index in [1.54, 1.807) is 0 Å². The van der Waals surface area contributed by atoms with Gasteiger partial charge >= 0.3 is 182 Å². The van der Waals surface area contributed by atoms with E-state index in [1.807, 2.05) is 31.2 Å². The Morgan fingerprint density at radius 2 is 1.64 bits per heavy atom. The summed E-state index contributed by atoms with van der Waals surface area (Å²) in [5.41, 5.74) is 0.741. The Balaban J connectivity index is 2.13. The molecule has 2 aromatic carbocycles. The van der Waals surface area contributed by atoms with Gasteiger partial charge in [0.1, 0.15) is 0 Å². The van der Waals surface area contributed by atoms with Gasteiger partial charge in [-0.1, -0.05) is 0 Å². The van der Waals surface area contributed by atoms with Gasteiger partial charge in [0, 0.05) is 0 Å². The van der Waals surface area contributed by atoms with Gasteiger partial charge in [0.15, 0.2) is 0 Å². The average molecular weight is 510 g/mol. The molecule has 0 fully saturated rings. The monoisotopic (exact) mass is 512 g/mol. The van der Waals surface area contributed by atoms with E-state index in [9.17, 15) is 4.79 Å². The van der Waals surface area contributed by atoms with Gasteiger partial charge in [0.2, 0.25) is 0 Å². The Labute approximate surface area is 181 Å². The zero-order valence-electron chi connectivity index (χ0n) is 16.5. The molecule has 0 aliphatic carbocycles. The van der Waals surface area contributed by atoms with Gasteiger partial charge in [-0.2, -0.15) is 0 Å². The van der Waals surface area contributed by atoms with Crippen LogP contribution in [-0.2, 0) is 14.3 Å². The van der Waals surface area contributed by atoms with E-state index < -0.39 is 0 Å². The van der Waals surface area contributed by atoms with Gasteiger partial charge in [0.05, 0.1) is 0 Å². The minimum absolute atomic E-state index is 0.0312. The summed E-state index contributed by atoms with van der Waals surface area (Å²) in [6.07, 6.45) is 2.74. The third kappa shape index (κ3) is 8.77. The molecule has 3 nitrogen and oxygen atoms in total. The number of benzene rings is 2. The maximum absolute atomic E-state index is 12.6. The van der Waals surface area contributed by atoms with Crippen LogP contribution >= 0.6 is 0 Å². The average Bonchev–Trinajstić information content (AvgIpc) is 2.72. The Morgan fingerprint density at radius 3 is 2.25 bits per heavy atom. The molecule has 0 bridgehead atoms. The van der Waals surface area contributed by atoms with Gasteiger partial charge in [-0.3, -0.25) is 0 Å². The molecule has 1 unspecified atom stereocenters. The van der Waals surface area contributed by atoms with Gasteiger partial charge < -0.3 is 0 Å². The van der Waals surface area contributed by atoms with E-state index in [-0.39, 0.29) is 40.9 Å². The molecule has 0 N–H and O–H groups in total. The van der Waals surface area contributed by atoms with Crippen molar-refractivity contribution >= 4 is 44.8 Å². The topological polar surface area (TPSA) is 35.5 Å². The summed E-state index contributed by atoms with van der Waals surface area (Å²) in [5.74, 6) is -0.215. The Bertz CT molecular complexity index is 717. The van der Waals surface area contributed by atoms with Gasteiger partial charge in [0.25, 0.3) is 0 Å². The SMILES string of the molecule is CCCCOC(C/C(=C/[Se]c1ccccc1)C(=O)OCC)[Se]c1ccccc1. The molecule has 0 spiro atoms. The van der Waals surface area contributed by atoms with E-state index in [0.29, 0.717) is 13.0 Å². The predicted octanol–water partition coefficient (Wildman–Crippen LogP) is 3.03. The van der Waals surface area contributed by atoms with Crippen LogP contribution in [0.3, 0.4) is 0 Å². The summed E-state index contributed by atoms with van der Waals surface area (Å²) in [7, 11) is 0. The third-order valence-electron chi connectivity index (χ3n) is 3.82. The molecule has 28 heavy (non-hydrogen) atoms. The first-order valence-corrected chi connectivity index (χ1v) is 13.3. The summed E-state index contributed by atoms with van der Waals surface area (Å²) in [4.78, 5) is 14.6. The molecule has 0 saturated carbocycles. The number of rotatable bonds is 12. The van der Waals surface area contributed by atoms with Crippen LogP contribution in [0.25, 0.3) is 0 Å². The molecule has 150 valence electrons. The quantitative estimate of drug-likeness (QED) is 0.191. The van der Waals surface area contributed by atoms with Crippen molar-refractivity contribution < 1.29 is 14.3 Å². The Morgan fingerprint density at radius 1 is 1.00 bits per heavy atom. The van der Waals surface area contributed by atoms with Crippen LogP contribution in [0.4, 0.5) is 0 Å². The molecule has 2 aromatic rings. The van der Waals surface area contributed by atoms with E-state index in [1.165, 1.54) is 8.92 Å². The van der Waals surface area contributed by atoms with Crippen molar-refractivity contribution in [1.29, 1.82) is 0 Å². The molecule has 2 rings (SSSR count). The predicted molar refractivity (Wildman–Crippen MR) is 118 cm³/mol. The first-order valence-electron chi connectivity index (χ1n) is 9.64. The Hall–Kier alpha value is -1.35. The Kier molecular flexibility index (Phi) is 11.3. The molecule has 0 aliphatic heterocycles. The molecule has 0 heterocycles. The molecule has 0 aliphatic rings. The van der Waals surface area contributed by atoms with E-state index in [4.69, 9.17) is 9.47 Å². The van der Waals surface area contributed by atoms with Crippen LogP contribution in [0.15, 0.2) is 71.2 Å². The van der Waals surface area contributed by atoms with Gasteiger partial charge in [-0.05, 0) is 0 Å². The van der Waals surface area contributed by atoms with Crippen molar-refractivity contribution in [3.8, 4) is 0 Å². The van der Waals surface area contributed by atoms with Crippen molar-refractivity contribution in [2.24, 2.45) is 0 Å². The number of hydrogen-bond acceptors (Lipinski definition) is 3. The van der Waals surface area contributed by atoms with Crippen molar-refractivity contribution in [3.05, 3.63) is 71.2 Å². The van der Waals surface area contributed by atoms with E-state index in [0.717, 1.165) is 25.0 Å². The van der Waals surface area contributed by atoms with Crippen LogP contribution in [0.5, 0.6) is 0 Å². The number of carbonyl (C=O) groups is 1. The van der Waals surface area contributed by atoms with E-state index in [2.05, 4.69) is 48.3 Å².